The molecule has 33 heavy (non-hydrogen) atoms. The van der Waals surface area contributed by atoms with Gasteiger partial charge < -0.3 is 15.2 Å². The maximum absolute atomic E-state index is 10.6. The third-order valence-electron chi connectivity index (χ3n) is 6.36. The van der Waals surface area contributed by atoms with E-state index in [2.05, 4.69) is 44.3 Å². The number of hydrogen-bond acceptors (Lipinski definition) is 3. The lowest BCUT2D eigenvalue weighted by molar-refractivity contribution is -0.136. The van der Waals surface area contributed by atoms with Gasteiger partial charge in [0, 0.05) is 13.1 Å². The van der Waals surface area contributed by atoms with Crippen molar-refractivity contribution in [1.29, 1.82) is 0 Å². The summed E-state index contributed by atoms with van der Waals surface area (Å²) in [6.07, 6.45) is 10.2. The van der Waals surface area contributed by atoms with Gasteiger partial charge in [0.05, 0.1) is 13.0 Å². The summed E-state index contributed by atoms with van der Waals surface area (Å²) >= 11 is 0. The number of aryl methyl sites for hydroxylation is 2. The molecule has 2 N–H and O–H groups in total. The van der Waals surface area contributed by atoms with Crippen LogP contribution < -0.4 is 10.1 Å². The predicted octanol–water partition coefficient (Wildman–Crippen LogP) is 6.86. The third kappa shape index (κ3) is 11.4. The Labute approximate surface area is 200 Å². The van der Waals surface area contributed by atoms with Crippen LogP contribution in [0.15, 0.2) is 42.5 Å². The van der Waals surface area contributed by atoms with Gasteiger partial charge in [0.25, 0.3) is 0 Å². The summed E-state index contributed by atoms with van der Waals surface area (Å²) in [5.41, 5.74) is 5.36. The molecule has 0 unspecified atom stereocenters. The van der Waals surface area contributed by atoms with Crippen LogP contribution in [-0.4, -0.2) is 24.2 Å². The fourth-order valence-corrected chi connectivity index (χ4v) is 4.17. The lowest BCUT2D eigenvalue weighted by atomic mass is 9.89. The molecule has 2 aromatic carbocycles. The van der Waals surface area contributed by atoms with Crippen LogP contribution in [-0.2, 0) is 17.8 Å². The SMILES string of the molecule is CCCCCC[C@H](CCCOc1ccc(CNCCC(=O)O)cc1)Cc1ccc(C)c(C)c1. The largest absolute Gasteiger partial charge is 0.494 e. The number of aliphatic carboxylic acids is 1. The molecule has 2 rings (SSSR count). The minimum absolute atomic E-state index is 0.143. The normalized spacial score (nSPS) is 12.0. The van der Waals surface area contributed by atoms with Crippen molar-refractivity contribution in [2.75, 3.05) is 13.2 Å². The number of nitrogens with one attached hydrogen (secondary N) is 1. The van der Waals surface area contributed by atoms with Gasteiger partial charge in [-0.3, -0.25) is 4.79 Å². The van der Waals surface area contributed by atoms with E-state index in [1.54, 1.807) is 0 Å². The minimum atomic E-state index is -0.775. The molecule has 4 nitrogen and oxygen atoms in total. The van der Waals surface area contributed by atoms with Gasteiger partial charge in [-0.15, -0.1) is 0 Å². The van der Waals surface area contributed by atoms with Crippen LogP contribution in [0.2, 0.25) is 0 Å². The second kappa shape index (κ2) is 15.5. The molecule has 0 aromatic heterocycles. The monoisotopic (exact) mass is 453 g/mol. The van der Waals surface area contributed by atoms with Crippen LogP contribution in [0.1, 0.15) is 80.5 Å². The number of carboxylic acid groups (broad SMARTS) is 1. The zero-order valence-corrected chi connectivity index (χ0v) is 20.9. The van der Waals surface area contributed by atoms with E-state index in [1.807, 2.05) is 24.3 Å². The Bertz CT molecular complexity index is 816. The van der Waals surface area contributed by atoms with Crippen LogP contribution in [0, 0.1) is 19.8 Å². The van der Waals surface area contributed by atoms with E-state index in [9.17, 15) is 4.79 Å². The van der Waals surface area contributed by atoms with Crippen molar-refractivity contribution in [1.82, 2.24) is 5.32 Å². The molecule has 0 amide bonds. The van der Waals surface area contributed by atoms with Crippen LogP contribution in [0.5, 0.6) is 5.75 Å². The number of unbranched alkanes of at least 4 members (excludes halogenated alkanes) is 3. The lowest BCUT2D eigenvalue weighted by Crippen LogP contribution is -2.17. The fraction of sp³-hybridized carbons (Fsp3) is 0.552. The molecule has 182 valence electrons. The molecule has 0 radical (unpaired) electrons. The van der Waals surface area contributed by atoms with Gasteiger partial charge in [-0.2, -0.15) is 0 Å². The number of ether oxygens (including phenoxy) is 1. The Hall–Kier alpha value is -2.33. The van der Waals surface area contributed by atoms with Gasteiger partial charge in [-0.05, 0) is 73.4 Å². The number of rotatable bonds is 17. The summed E-state index contributed by atoms with van der Waals surface area (Å²) in [6, 6.07) is 15.0. The molecule has 2 aromatic rings. The average molecular weight is 454 g/mol. The zero-order chi connectivity index (χ0) is 23.9. The van der Waals surface area contributed by atoms with Gasteiger partial charge in [0.1, 0.15) is 5.75 Å². The molecule has 4 heteroatoms. The zero-order valence-electron chi connectivity index (χ0n) is 20.9. The Kier molecular flexibility index (Phi) is 12.6. The molecule has 1 atom stereocenters. The molecule has 0 saturated heterocycles. The summed E-state index contributed by atoms with van der Waals surface area (Å²) in [7, 11) is 0. The summed E-state index contributed by atoms with van der Waals surface area (Å²) in [5.74, 6) is 0.841. The average Bonchev–Trinajstić information content (AvgIpc) is 2.80. The predicted molar refractivity (Wildman–Crippen MR) is 137 cm³/mol. The van der Waals surface area contributed by atoms with Crippen LogP contribution in [0.4, 0.5) is 0 Å². The van der Waals surface area contributed by atoms with Gasteiger partial charge in [-0.25, -0.2) is 0 Å². The van der Waals surface area contributed by atoms with Gasteiger partial charge in [0.15, 0.2) is 0 Å². The maximum Gasteiger partial charge on any atom is 0.304 e. The number of carboxylic acids is 1. The standard InChI is InChI=1S/C29H43NO3/c1-4-5-6-7-9-25(21-27-12-11-23(2)24(3)20-27)10-8-19-33-28-15-13-26(14-16-28)22-30-18-17-29(31)32/h11-16,20,25,30H,4-10,17-19,21-22H2,1-3H3,(H,31,32)/t25-/m1/s1. The van der Waals surface area contributed by atoms with Gasteiger partial charge in [-0.1, -0.05) is 69.4 Å². The smallest absolute Gasteiger partial charge is 0.304 e. The number of hydrogen-bond donors (Lipinski definition) is 2. The highest BCUT2D eigenvalue weighted by molar-refractivity contribution is 5.66. The van der Waals surface area contributed by atoms with Crippen LogP contribution >= 0.6 is 0 Å². The third-order valence-corrected chi connectivity index (χ3v) is 6.36. The summed E-state index contributed by atoms with van der Waals surface area (Å²) in [5, 5.41) is 11.8. The first kappa shape index (κ1) is 26.9. The molecular formula is C29H43NO3. The number of carbonyl (C=O) groups is 1. The summed E-state index contributed by atoms with van der Waals surface area (Å²) < 4.78 is 6.00. The van der Waals surface area contributed by atoms with E-state index in [0.29, 0.717) is 19.0 Å². The first-order chi connectivity index (χ1) is 16.0. The molecule has 0 bridgehead atoms. The Morgan fingerprint density at radius 1 is 0.939 bits per heavy atom. The number of benzene rings is 2. The molecule has 0 fully saturated rings. The van der Waals surface area contributed by atoms with Crippen molar-refractivity contribution in [2.45, 2.75) is 85.1 Å². The van der Waals surface area contributed by atoms with E-state index in [1.165, 1.54) is 55.2 Å². The maximum atomic E-state index is 10.6. The van der Waals surface area contributed by atoms with E-state index < -0.39 is 5.97 Å². The second-order valence-electron chi connectivity index (χ2n) is 9.29. The quantitative estimate of drug-likeness (QED) is 0.257. The molecule has 0 saturated carbocycles. The molecule has 0 aliphatic heterocycles. The lowest BCUT2D eigenvalue weighted by Gasteiger charge is -2.18. The van der Waals surface area contributed by atoms with Crippen LogP contribution in [0.25, 0.3) is 0 Å². The fourth-order valence-electron chi connectivity index (χ4n) is 4.17. The first-order valence-corrected chi connectivity index (χ1v) is 12.7. The molecule has 0 spiro atoms. The summed E-state index contributed by atoms with van der Waals surface area (Å²) in [6.45, 7) is 8.56. The Balaban J connectivity index is 1.75. The first-order valence-electron chi connectivity index (χ1n) is 12.7. The highest BCUT2D eigenvalue weighted by Crippen LogP contribution is 2.23. The summed E-state index contributed by atoms with van der Waals surface area (Å²) in [4.78, 5) is 10.6. The van der Waals surface area contributed by atoms with Crippen molar-refractivity contribution in [3.63, 3.8) is 0 Å². The van der Waals surface area contributed by atoms with Gasteiger partial charge >= 0.3 is 5.97 Å². The highest BCUT2D eigenvalue weighted by Gasteiger charge is 2.11. The van der Waals surface area contributed by atoms with Crippen molar-refractivity contribution >= 4 is 5.97 Å². The van der Waals surface area contributed by atoms with Gasteiger partial charge in [0.2, 0.25) is 0 Å². The van der Waals surface area contributed by atoms with E-state index in [0.717, 1.165) is 30.8 Å². The van der Waals surface area contributed by atoms with E-state index >= 15 is 0 Å². The Morgan fingerprint density at radius 2 is 1.67 bits per heavy atom. The van der Waals surface area contributed by atoms with Crippen molar-refractivity contribution in [3.05, 3.63) is 64.7 Å². The van der Waals surface area contributed by atoms with Crippen molar-refractivity contribution in [3.8, 4) is 5.75 Å². The molecule has 0 aliphatic rings. The highest BCUT2D eigenvalue weighted by atomic mass is 16.5. The topological polar surface area (TPSA) is 58.6 Å². The van der Waals surface area contributed by atoms with Crippen LogP contribution in [0.3, 0.4) is 0 Å². The molecular weight excluding hydrogens is 410 g/mol. The van der Waals surface area contributed by atoms with E-state index in [-0.39, 0.29) is 6.42 Å². The molecule has 0 aliphatic carbocycles. The van der Waals surface area contributed by atoms with Crippen molar-refractivity contribution < 1.29 is 14.6 Å². The van der Waals surface area contributed by atoms with E-state index in [4.69, 9.17) is 9.84 Å². The Morgan fingerprint density at radius 3 is 2.36 bits per heavy atom. The minimum Gasteiger partial charge on any atom is -0.494 e. The van der Waals surface area contributed by atoms with Crippen molar-refractivity contribution in [2.24, 2.45) is 5.92 Å². The second-order valence-corrected chi connectivity index (χ2v) is 9.29. The molecule has 0 heterocycles.